The lowest BCUT2D eigenvalue weighted by atomic mass is 9.65. The fraction of sp³-hybridized carbons (Fsp3) is 0.556. The number of aromatic nitrogens is 1. The van der Waals surface area contributed by atoms with E-state index in [0.29, 0.717) is 32.5 Å². The van der Waals surface area contributed by atoms with Gasteiger partial charge in [0.15, 0.2) is 0 Å². The SMILES string of the molecule is Cc1ccc2c(n1)CCCC21CNCC1C(=O)N1CCC(c2ccccc2)CC1CC(F)(F)F. The Morgan fingerprint density at radius 1 is 1.21 bits per heavy atom. The van der Waals surface area contributed by atoms with Crippen molar-refractivity contribution in [2.45, 2.75) is 69.0 Å². The van der Waals surface area contributed by atoms with Crippen molar-refractivity contribution in [3.8, 4) is 0 Å². The van der Waals surface area contributed by atoms with Crippen LogP contribution in [0.25, 0.3) is 0 Å². The van der Waals surface area contributed by atoms with Crippen molar-refractivity contribution in [1.29, 1.82) is 0 Å². The van der Waals surface area contributed by atoms with Gasteiger partial charge in [0, 0.05) is 42.5 Å². The highest BCUT2D eigenvalue weighted by atomic mass is 19.4. The Bertz CT molecular complexity index is 1040. The van der Waals surface area contributed by atoms with E-state index in [9.17, 15) is 18.0 Å². The number of hydrogen-bond acceptors (Lipinski definition) is 3. The van der Waals surface area contributed by atoms with Crippen molar-refractivity contribution in [3.05, 3.63) is 65.0 Å². The molecule has 7 heteroatoms. The van der Waals surface area contributed by atoms with E-state index in [-0.39, 0.29) is 23.2 Å². The van der Waals surface area contributed by atoms with E-state index in [1.807, 2.05) is 43.3 Å². The standard InChI is InChI=1S/C27H32F3N3O/c1-18-9-10-22-24(32-18)8-5-12-26(22)17-31-16-23(26)25(34)33-13-11-20(19-6-3-2-4-7-19)14-21(33)15-27(28,29)30/h2-4,6-7,9-10,20-21,23,31H,5,8,11-17H2,1H3. The molecule has 2 saturated heterocycles. The number of halogens is 3. The third kappa shape index (κ3) is 4.35. The van der Waals surface area contributed by atoms with Gasteiger partial charge >= 0.3 is 6.18 Å². The van der Waals surface area contributed by atoms with Crippen LogP contribution in [0.3, 0.4) is 0 Å². The highest BCUT2D eigenvalue weighted by Crippen LogP contribution is 2.46. The first-order chi connectivity index (χ1) is 16.3. The fourth-order valence-corrected chi connectivity index (χ4v) is 6.62. The molecule has 4 nitrogen and oxygen atoms in total. The second kappa shape index (κ2) is 8.99. The largest absolute Gasteiger partial charge is 0.391 e. The summed E-state index contributed by atoms with van der Waals surface area (Å²) in [6, 6.07) is 13.0. The van der Waals surface area contributed by atoms with Crippen LogP contribution in [0, 0.1) is 12.8 Å². The number of carbonyl (C=O) groups excluding carboxylic acids is 1. The summed E-state index contributed by atoms with van der Waals surface area (Å²) in [6.07, 6.45) is -1.54. The number of aryl methyl sites for hydroxylation is 2. The lowest BCUT2D eigenvalue weighted by Gasteiger charge is -2.45. The molecule has 0 saturated carbocycles. The number of amides is 1. The van der Waals surface area contributed by atoms with Crippen molar-refractivity contribution in [1.82, 2.24) is 15.2 Å². The first-order valence-corrected chi connectivity index (χ1v) is 12.4. The molecule has 1 aromatic carbocycles. The summed E-state index contributed by atoms with van der Waals surface area (Å²) in [5, 5.41) is 3.41. The first-order valence-electron chi connectivity index (χ1n) is 12.4. The predicted molar refractivity (Wildman–Crippen MR) is 125 cm³/mol. The van der Waals surface area contributed by atoms with E-state index >= 15 is 0 Å². The first kappa shape index (κ1) is 23.3. The smallest absolute Gasteiger partial charge is 0.339 e. The van der Waals surface area contributed by atoms with Crippen LogP contribution in [0.4, 0.5) is 13.2 Å². The van der Waals surface area contributed by atoms with Gasteiger partial charge in [-0.3, -0.25) is 9.78 Å². The molecule has 0 radical (unpaired) electrons. The van der Waals surface area contributed by atoms with Gasteiger partial charge in [-0.2, -0.15) is 13.2 Å². The topological polar surface area (TPSA) is 45.2 Å². The molecule has 1 aliphatic carbocycles. The molecule has 3 heterocycles. The Morgan fingerprint density at radius 2 is 2.00 bits per heavy atom. The van der Waals surface area contributed by atoms with E-state index < -0.39 is 18.6 Å². The molecule has 2 aliphatic heterocycles. The fourth-order valence-electron chi connectivity index (χ4n) is 6.62. The molecule has 2 fully saturated rings. The zero-order valence-corrected chi connectivity index (χ0v) is 19.6. The van der Waals surface area contributed by atoms with Gasteiger partial charge in [-0.15, -0.1) is 0 Å². The van der Waals surface area contributed by atoms with Crippen molar-refractivity contribution in [3.63, 3.8) is 0 Å². The Labute approximate surface area is 198 Å². The number of benzene rings is 1. The summed E-state index contributed by atoms with van der Waals surface area (Å²) in [7, 11) is 0. The zero-order chi connectivity index (χ0) is 23.9. The molecule has 1 N–H and O–H groups in total. The van der Waals surface area contributed by atoms with Crippen LogP contribution in [-0.4, -0.2) is 47.6 Å². The summed E-state index contributed by atoms with van der Waals surface area (Å²) in [5.74, 6) is -0.449. The van der Waals surface area contributed by atoms with E-state index in [2.05, 4.69) is 11.4 Å². The molecule has 0 bridgehead atoms. The summed E-state index contributed by atoms with van der Waals surface area (Å²) >= 11 is 0. The van der Waals surface area contributed by atoms with Gasteiger partial charge in [-0.05, 0) is 62.1 Å². The minimum absolute atomic E-state index is 0.0378. The second-order valence-electron chi connectivity index (χ2n) is 10.3. The molecule has 5 rings (SSSR count). The molecule has 1 spiro atoms. The van der Waals surface area contributed by atoms with Gasteiger partial charge < -0.3 is 10.2 Å². The van der Waals surface area contributed by atoms with Crippen molar-refractivity contribution in [2.24, 2.45) is 5.92 Å². The van der Waals surface area contributed by atoms with Gasteiger partial charge in [0.25, 0.3) is 0 Å². The summed E-state index contributed by atoms with van der Waals surface area (Å²) in [5.41, 5.74) is 3.78. The number of hydrogen-bond donors (Lipinski definition) is 1. The molecule has 1 amide bonds. The maximum Gasteiger partial charge on any atom is 0.391 e. The van der Waals surface area contributed by atoms with E-state index in [0.717, 1.165) is 41.8 Å². The maximum absolute atomic E-state index is 14.0. The van der Waals surface area contributed by atoms with Crippen LogP contribution in [0.15, 0.2) is 42.5 Å². The van der Waals surface area contributed by atoms with E-state index in [4.69, 9.17) is 4.98 Å². The molecule has 4 atom stereocenters. The Hall–Kier alpha value is -2.41. The minimum Gasteiger partial charge on any atom is -0.339 e. The lowest BCUT2D eigenvalue weighted by Crippen LogP contribution is -2.54. The average Bonchev–Trinajstić information content (AvgIpc) is 3.22. The quantitative estimate of drug-likeness (QED) is 0.692. The molecule has 1 aromatic heterocycles. The molecule has 3 aliphatic rings. The third-order valence-electron chi connectivity index (χ3n) is 8.18. The molecular weight excluding hydrogens is 439 g/mol. The highest BCUT2D eigenvalue weighted by Gasteiger charge is 2.52. The summed E-state index contributed by atoms with van der Waals surface area (Å²) in [4.78, 5) is 20.3. The monoisotopic (exact) mass is 471 g/mol. The van der Waals surface area contributed by atoms with Crippen molar-refractivity contribution in [2.75, 3.05) is 19.6 Å². The van der Waals surface area contributed by atoms with Gasteiger partial charge in [-0.25, -0.2) is 0 Å². The highest BCUT2D eigenvalue weighted by molar-refractivity contribution is 5.82. The summed E-state index contributed by atoms with van der Waals surface area (Å²) in [6.45, 7) is 3.51. The number of alkyl halides is 3. The van der Waals surface area contributed by atoms with Crippen molar-refractivity contribution < 1.29 is 18.0 Å². The van der Waals surface area contributed by atoms with Crippen LogP contribution >= 0.6 is 0 Å². The molecule has 2 aromatic rings. The van der Waals surface area contributed by atoms with Crippen LogP contribution in [0.2, 0.25) is 0 Å². The number of piperidine rings is 1. The number of nitrogens with one attached hydrogen (secondary N) is 1. The van der Waals surface area contributed by atoms with Gasteiger partial charge in [0.2, 0.25) is 5.91 Å². The van der Waals surface area contributed by atoms with E-state index in [1.165, 1.54) is 0 Å². The molecule has 4 unspecified atom stereocenters. The Kier molecular flexibility index (Phi) is 6.17. The van der Waals surface area contributed by atoms with Gasteiger partial charge in [0.05, 0.1) is 12.3 Å². The zero-order valence-electron chi connectivity index (χ0n) is 19.6. The van der Waals surface area contributed by atoms with Crippen LogP contribution < -0.4 is 5.32 Å². The summed E-state index contributed by atoms with van der Waals surface area (Å²) < 4.78 is 40.8. The minimum atomic E-state index is -4.31. The Balaban J connectivity index is 1.44. The van der Waals surface area contributed by atoms with E-state index in [1.54, 1.807) is 4.90 Å². The molecular formula is C27H32F3N3O. The number of pyridine rings is 1. The van der Waals surface area contributed by atoms with Gasteiger partial charge in [0.1, 0.15) is 0 Å². The predicted octanol–water partition coefficient (Wildman–Crippen LogP) is 4.91. The second-order valence-corrected chi connectivity index (χ2v) is 10.3. The lowest BCUT2D eigenvalue weighted by molar-refractivity contribution is -0.160. The molecule has 182 valence electrons. The van der Waals surface area contributed by atoms with Crippen LogP contribution in [0.5, 0.6) is 0 Å². The number of carbonyl (C=O) groups is 1. The normalized spacial score (nSPS) is 29.3. The number of nitrogens with zero attached hydrogens (tertiary/aromatic N) is 2. The van der Waals surface area contributed by atoms with Gasteiger partial charge in [-0.1, -0.05) is 36.4 Å². The maximum atomic E-state index is 14.0. The number of rotatable bonds is 3. The average molecular weight is 472 g/mol. The third-order valence-corrected chi connectivity index (χ3v) is 8.18. The Morgan fingerprint density at radius 3 is 2.76 bits per heavy atom. The number of likely N-dealkylation sites (tertiary alicyclic amines) is 1. The van der Waals surface area contributed by atoms with Crippen molar-refractivity contribution >= 4 is 5.91 Å². The van der Waals surface area contributed by atoms with Crippen LogP contribution in [-0.2, 0) is 16.6 Å². The number of fused-ring (bicyclic) bond motifs is 2. The molecule has 34 heavy (non-hydrogen) atoms. The van der Waals surface area contributed by atoms with Crippen LogP contribution in [0.1, 0.15) is 60.5 Å².